The largest absolute Gasteiger partial charge is 0.504 e. The maximum atomic E-state index is 12.0. The molecule has 0 unspecified atom stereocenters. The predicted molar refractivity (Wildman–Crippen MR) is 81.1 cm³/mol. The Morgan fingerprint density at radius 3 is 2.48 bits per heavy atom. The van der Waals surface area contributed by atoms with E-state index >= 15 is 0 Å². The minimum atomic E-state index is -0.335. The fraction of sp³-hybridized carbons (Fsp3) is 0.0625. The Bertz CT molecular complexity index is 690. The molecule has 0 bridgehead atoms. The summed E-state index contributed by atoms with van der Waals surface area (Å²) >= 11 is 5.76. The summed E-state index contributed by atoms with van der Waals surface area (Å²) in [7, 11) is 1.38. The van der Waals surface area contributed by atoms with Crippen molar-refractivity contribution >= 4 is 23.5 Å². The lowest BCUT2D eigenvalue weighted by molar-refractivity contribution is 0.104. The maximum absolute atomic E-state index is 12.0. The molecule has 0 saturated carbocycles. The standard InChI is InChI=1S/C16H13ClO4/c1-21-15-9-10(8-14(19)16(15)20)2-7-13(18)11-3-5-12(17)6-4-11/h2-9,19-20H,1H3/b7-2+. The van der Waals surface area contributed by atoms with Gasteiger partial charge in [0.1, 0.15) is 0 Å². The Balaban J connectivity index is 2.23. The number of ether oxygens (including phenoxy) is 1. The van der Waals surface area contributed by atoms with Crippen LogP contribution in [0.3, 0.4) is 0 Å². The van der Waals surface area contributed by atoms with E-state index < -0.39 is 0 Å². The van der Waals surface area contributed by atoms with Gasteiger partial charge in [0.05, 0.1) is 7.11 Å². The third-order valence-electron chi connectivity index (χ3n) is 2.85. The van der Waals surface area contributed by atoms with Crippen LogP contribution in [0.2, 0.25) is 5.02 Å². The molecule has 0 saturated heterocycles. The summed E-state index contributed by atoms with van der Waals surface area (Å²) in [6.07, 6.45) is 2.90. The molecule has 0 aromatic heterocycles. The van der Waals surface area contributed by atoms with Gasteiger partial charge in [-0.2, -0.15) is 0 Å². The Kier molecular flexibility index (Phi) is 4.50. The first-order valence-corrected chi connectivity index (χ1v) is 6.47. The molecule has 0 amide bonds. The van der Waals surface area contributed by atoms with Crippen LogP contribution < -0.4 is 4.74 Å². The molecule has 21 heavy (non-hydrogen) atoms. The van der Waals surface area contributed by atoms with E-state index in [0.717, 1.165) is 0 Å². The first-order chi connectivity index (χ1) is 10.0. The van der Waals surface area contributed by atoms with E-state index in [1.165, 1.54) is 31.4 Å². The summed E-state index contributed by atoms with van der Waals surface area (Å²) in [5.74, 6) is -0.710. The lowest BCUT2D eigenvalue weighted by Gasteiger charge is -2.06. The average molecular weight is 305 g/mol. The molecule has 2 rings (SSSR count). The molecule has 2 aromatic rings. The van der Waals surface area contributed by atoms with Gasteiger partial charge in [-0.15, -0.1) is 0 Å². The number of hydrogen-bond acceptors (Lipinski definition) is 4. The topological polar surface area (TPSA) is 66.8 Å². The normalized spacial score (nSPS) is 10.8. The highest BCUT2D eigenvalue weighted by Crippen LogP contribution is 2.36. The third-order valence-corrected chi connectivity index (χ3v) is 3.10. The van der Waals surface area contributed by atoms with E-state index in [0.29, 0.717) is 16.1 Å². The Morgan fingerprint density at radius 2 is 1.86 bits per heavy atom. The highest BCUT2D eigenvalue weighted by molar-refractivity contribution is 6.30. The quantitative estimate of drug-likeness (QED) is 0.514. The SMILES string of the molecule is COc1cc(/C=C/C(=O)c2ccc(Cl)cc2)cc(O)c1O. The molecule has 0 heterocycles. The molecule has 0 radical (unpaired) electrons. The molecule has 0 aliphatic rings. The Morgan fingerprint density at radius 1 is 1.19 bits per heavy atom. The molecule has 0 spiro atoms. The van der Waals surface area contributed by atoms with Crippen LogP contribution in [0.15, 0.2) is 42.5 Å². The fourth-order valence-electron chi connectivity index (χ4n) is 1.75. The van der Waals surface area contributed by atoms with Gasteiger partial charge in [-0.05, 0) is 48.0 Å². The number of phenolic OH excluding ortho intramolecular Hbond substituents is 2. The summed E-state index contributed by atoms with van der Waals surface area (Å²) in [6.45, 7) is 0. The molecule has 2 aromatic carbocycles. The van der Waals surface area contributed by atoms with Gasteiger partial charge in [-0.25, -0.2) is 0 Å². The summed E-state index contributed by atoms with van der Waals surface area (Å²) in [6, 6.07) is 9.38. The number of carbonyl (C=O) groups excluding carboxylic acids is 1. The minimum absolute atomic E-state index is 0.133. The molecular formula is C16H13ClO4. The van der Waals surface area contributed by atoms with Gasteiger partial charge in [0.2, 0.25) is 5.75 Å². The van der Waals surface area contributed by atoms with E-state index in [1.807, 2.05) is 0 Å². The van der Waals surface area contributed by atoms with Crippen LogP contribution >= 0.6 is 11.6 Å². The highest BCUT2D eigenvalue weighted by atomic mass is 35.5. The van der Waals surface area contributed by atoms with Crippen molar-refractivity contribution in [3.05, 3.63) is 58.6 Å². The first kappa shape index (κ1) is 14.9. The summed E-state index contributed by atoms with van der Waals surface area (Å²) in [5, 5.41) is 19.6. The second kappa shape index (κ2) is 6.33. The van der Waals surface area contributed by atoms with Crippen molar-refractivity contribution in [2.45, 2.75) is 0 Å². The van der Waals surface area contributed by atoms with E-state index in [-0.39, 0.29) is 23.0 Å². The molecule has 4 nitrogen and oxygen atoms in total. The summed E-state index contributed by atoms with van der Waals surface area (Å²) in [5.41, 5.74) is 1.04. The van der Waals surface area contributed by atoms with Gasteiger partial charge in [0, 0.05) is 10.6 Å². The van der Waals surface area contributed by atoms with Crippen LogP contribution in [0, 0.1) is 0 Å². The highest BCUT2D eigenvalue weighted by Gasteiger charge is 2.08. The van der Waals surface area contributed by atoms with Gasteiger partial charge in [-0.3, -0.25) is 4.79 Å². The number of allylic oxidation sites excluding steroid dienone is 1. The van der Waals surface area contributed by atoms with Gasteiger partial charge in [-0.1, -0.05) is 17.7 Å². The van der Waals surface area contributed by atoms with Crippen molar-refractivity contribution in [3.63, 3.8) is 0 Å². The van der Waals surface area contributed by atoms with Crippen molar-refractivity contribution in [2.75, 3.05) is 7.11 Å². The fourth-order valence-corrected chi connectivity index (χ4v) is 1.87. The second-order valence-electron chi connectivity index (χ2n) is 4.30. The monoisotopic (exact) mass is 304 g/mol. The number of benzene rings is 2. The maximum Gasteiger partial charge on any atom is 0.200 e. The van der Waals surface area contributed by atoms with E-state index in [2.05, 4.69) is 0 Å². The Hall–Kier alpha value is -2.46. The van der Waals surface area contributed by atoms with Gasteiger partial charge >= 0.3 is 0 Å². The number of phenols is 2. The van der Waals surface area contributed by atoms with Crippen LogP contribution in [0.5, 0.6) is 17.2 Å². The molecule has 108 valence electrons. The van der Waals surface area contributed by atoms with Crippen molar-refractivity contribution in [1.29, 1.82) is 0 Å². The van der Waals surface area contributed by atoms with Crippen LogP contribution in [0.4, 0.5) is 0 Å². The number of rotatable bonds is 4. The van der Waals surface area contributed by atoms with Crippen molar-refractivity contribution in [3.8, 4) is 17.2 Å². The van der Waals surface area contributed by atoms with E-state index in [1.54, 1.807) is 24.3 Å². The number of halogens is 1. The molecule has 0 atom stereocenters. The van der Waals surface area contributed by atoms with Gasteiger partial charge < -0.3 is 14.9 Å². The number of hydrogen-bond donors (Lipinski definition) is 2. The van der Waals surface area contributed by atoms with Crippen LogP contribution in [0.1, 0.15) is 15.9 Å². The summed E-state index contributed by atoms with van der Waals surface area (Å²) in [4.78, 5) is 12.0. The lowest BCUT2D eigenvalue weighted by atomic mass is 10.1. The molecule has 5 heteroatoms. The van der Waals surface area contributed by atoms with Crippen molar-refractivity contribution < 1.29 is 19.7 Å². The summed E-state index contributed by atoms with van der Waals surface area (Å²) < 4.78 is 4.93. The lowest BCUT2D eigenvalue weighted by Crippen LogP contribution is -1.93. The molecular weight excluding hydrogens is 292 g/mol. The smallest absolute Gasteiger partial charge is 0.200 e. The number of ketones is 1. The van der Waals surface area contributed by atoms with Crippen LogP contribution in [-0.2, 0) is 0 Å². The minimum Gasteiger partial charge on any atom is -0.504 e. The van der Waals surface area contributed by atoms with Gasteiger partial charge in [0.25, 0.3) is 0 Å². The second-order valence-corrected chi connectivity index (χ2v) is 4.73. The third kappa shape index (κ3) is 3.55. The number of methoxy groups -OCH3 is 1. The predicted octanol–water partition coefficient (Wildman–Crippen LogP) is 3.66. The van der Waals surface area contributed by atoms with Crippen molar-refractivity contribution in [1.82, 2.24) is 0 Å². The molecule has 2 N–H and O–H groups in total. The number of carbonyl (C=O) groups is 1. The van der Waals surface area contributed by atoms with Crippen molar-refractivity contribution in [2.24, 2.45) is 0 Å². The first-order valence-electron chi connectivity index (χ1n) is 6.09. The zero-order valence-electron chi connectivity index (χ0n) is 11.2. The Labute approximate surface area is 126 Å². The number of aromatic hydroxyl groups is 2. The van der Waals surface area contributed by atoms with Gasteiger partial charge in [0.15, 0.2) is 17.3 Å². The average Bonchev–Trinajstić information content (AvgIpc) is 2.48. The van der Waals surface area contributed by atoms with Crippen LogP contribution in [-0.4, -0.2) is 23.1 Å². The van der Waals surface area contributed by atoms with Crippen LogP contribution in [0.25, 0.3) is 6.08 Å². The van der Waals surface area contributed by atoms with E-state index in [9.17, 15) is 15.0 Å². The molecule has 0 fully saturated rings. The zero-order chi connectivity index (χ0) is 15.4. The zero-order valence-corrected chi connectivity index (χ0v) is 12.0. The molecule has 0 aliphatic heterocycles. The van der Waals surface area contributed by atoms with E-state index in [4.69, 9.17) is 16.3 Å². The molecule has 0 aliphatic carbocycles.